The van der Waals surface area contributed by atoms with Crippen molar-refractivity contribution in [3.63, 3.8) is 0 Å². The Bertz CT molecular complexity index is 724. The lowest BCUT2D eigenvalue weighted by molar-refractivity contribution is 0.0438. The molecule has 0 N–H and O–H groups in total. The largest absolute Gasteiger partial charge is 0.446 e. The molecule has 2 aromatic rings. The fourth-order valence-corrected chi connectivity index (χ4v) is 2.33. The Morgan fingerprint density at radius 3 is 2.68 bits per heavy atom. The molecule has 0 bridgehead atoms. The van der Waals surface area contributed by atoms with Crippen molar-refractivity contribution in [2.45, 2.75) is 33.4 Å². The van der Waals surface area contributed by atoms with Gasteiger partial charge in [0.15, 0.2) is 6.10 Å². The first kappa shape index (κ1) is 18.8. The van der Waals surface area contributed by atoms with Crippen LogP contribution in [0.5, 0.6) is 0 Å². The molecule has 0 unspecified atom stereocenters. The molecule has 0 radical (unpaired) electrons. The molecule has 25 heavy (non-hydrogen) atoms. The minimum atomic E-state index is -0.444. The van der Waals surface area contributed by atoms with Crippen molar-refractivity contribution in [2.75, 3.05) is 19.6 Å². The molecule has 0 saturated heterocycles. The number of benzene rings is 1. The van der Waals surface area contributed by atoms with Crippen LogP contribution in [0.4, 0.5) is 0 Å². The van der Waals surface area contributed by atoms with Gasteiger partial charge >= 0.3 is 5.97 Å². The molecule has 0 amide bonds. The van der Waals surface area contributed by atoms with Gasteiger partial charge in [-0.05, 0) is 25.6 Å². The minimum absolute atomic E-state index is 0.399. The molecule has 1 atom stereocenters. The fourth-order valence-electron chi connectivity index (χ4n) is 2.33. The Hall–Kier alpha value is -2.58. The van der Waals surface area contributed by atoms with E-state index >= 15 is 0 Å². The van der Waals surface area contributed by atoms with E-state index in [1.54, 1.807) is 17.8 Å². The van der Waals surface area contributed by atoms with E-state index in [2.05, 4.69) is 35.7 Å². The SMILES string of the molecule is CCN(CC)CC#C[C@H](C)OC(=O)c1cnn(Cc2ccccc2)c1. The summed E-state index contributed by atoms with van der Waals surface area (Å²) in [6.45, 7) is 9.20. The fraction of sp³-hybridized carbons (Fsp3) is 0.400. The first-order valence-corrected chi connectivity index (χ1v) is 8.60. The number of hydrogen-bond donors (Lipinski definition) is 0. The maximum Gasteiger partial charge on any atom is 0.342 e. The van der Waals surface area contributed by atoms with Crippen LogP contribution in [-0.2, 0) is 11.3 Å². The van der Waals surface area contributed by atoms with Crippen LogP contribution in [0.1, 0.15) is 36.7 Å². The molecule has 5 nitrogen and oxygen atoms in total. The van der Waals surface area contributed by atoms with Crippen LogP contribution in [0.25, 0.3) is 0 Å². The highest BCUT2D eigenvalue weighted by atomic mass is 16.5. The summed E-state index contributed by atoms with van der Waals surface area (Å²) in [5, 5.41) is 4.22. The van der Waals surface area contributed by atoms with E-state index in [0.29, 0.717) is 18.7 Å². The molecule has 1 heterocycles. The molecule has 0 fully saturated rings. The number of aromatic nitrogens is 2. The predicted molar refractivity (Wildman–Crippen MR) is 98.2 cm³/mol. The van der Waals surface area contributed by atoms with Crippen LogP contribution in [0.3, 0.4) is 0 Å². The number of rotatable bonds is 7. The molecule has 0 aliphatic heterocycles. The van der Waals surface area contributed by atoms with Gasteiger partial charge in [0.25, 0.3) is 0 Å². The Labute approximate surface area is 149 Å². The molecule has 0 aliphatic rings. The highest BCUT2D eigenvalue weighted by Gasteiger charge is 2.13. The normalized spacial score (nSPS) is 11.7. The third-order valence-corrected chi connectivity index (χ3v) is 3.84. The van der Waals surface area contributed by atoms with Crippen LogP contribution in [0.2, 0.25) is 0 Å². The van der Waals surface area contributed by atoms with Gasteiger partial charge in [0.2, 0.25) is 0 Å². The van der Waals surface area contributed by atoms with E-state index in [1.807, 2.05) is 30.3 Å². The third kappa shape index (κ3) is 6.09. The van der Waals surface area contributed by atoms with E-state index < -0.39 is 12.1 Å². The van der Waals surface area contributed by atoms with Gasteiger partial charge in [0, 0.05) is 6.20 Å². The Kier molecular flexibility index (Phi) is 7.24. The molecule has 0 spiro atoms. The maximum atomic E-state index is 12.2. The van der Waals surface area contributed by atoms with E-state index in [4.69, 9.17) is 4.74 Å². The van der Waals surface area contributed by atoms with Crippen molar-refractivity contribution in [1.29, 1.82) is 0 Å². The smallest absolute Gasteiger partial charge is 0.342 e. The Morgan fingerprint density at radius 1 is 1.28 bits per heavy atom. The lowest BCUT2D eigenvalue weighted by Crippen LogP contribution is -2.23. The van der Waals surface area contributed by atoms with Crippen LogP contribution in [0, 0.1) is 11.8 Å². The number of carbonyl (C=O) groups is 1. The lowest BCUT2D eigenvalue weighted by atomic mass is 10.2. The molecule has 5 heteroatoms. The molecule has 132 valence electrons. The monoisotopic (exact) mass is 339 g/mol. The second-order valence-corrected chi connectivity index (χ2v) is 5.74. The Morgan fingerprint density at radius 2 is 2.00 bits per heavy atom. The maximum absolute atomic E-state index is 12.2. The number of ether oxygens (including phenoxy) is 1. The first-order chi connectivity index (χ1) is 12.1. The minimum Gasteiger partial charge on any atom is -0.446 e. The molecule has 1 aromatic carbocycles. The van der Waals surface area contributed by atoms with Gasteiger partial charge in [-0.2, -0.15) is 5.10 Å². The van der Waals surface area contributed by atoms with Gasteiger partial charge in [-0.3, -0.25) is 9.58 Å². The van der Waals surface area contributed by atoms with Crippen molar-refractivity contribution in [3.8, 4) is 11.8 Å². The van der Waals surface area contributed by atoms with E-state index in [-0.39, 0.29) is 0 Å². The predicted octanol–water partition coefficient (Wildman–Crippen LogP) is 2.82. The third-order valence-electron chi connectivity index (χ3n) is 3.84. The second kappa shape index (κ2) is 9.65. The summed E-state index contributed by atoms with van der Waals surface area (Å²) < 4.78 is 7.09. The summed E-state index contributed by atoms with van der Waals surface area (Å²) in [5.41, 5.74) is 1.56. The van der Waals surface area contributed by atoms with Crippen molar-refractivity contribution in [1.82, 2.24) is 14.7 Å². The van der Waals surface area contributed by atoms with Crippen molar-refractivity contribution in [3.05, 3.63) is 53.9 Å². The van der Waals surface area contributed by atoms with Crippen molar-refractivity contribution in [2.24, 2.45) is 0 Å². The van der Waals surface area contributed by atoms with Crippen LogP contribution < -0.4 is 0 Å². The van der Waals surface area contributed by atoms with Crippen molar-refractivity contribution >= 4 is 5.97 Å². The first-order valence-electron chi connectivity index (χ1n) is 8.60. The summed E-state index contributed by atoms with van der Waals surface area (Å²) in [6.07, 6.45) is 2.78. The zero-order chi connectivity index (χ0) is 18.1. The van der Waals surface area contributed by atoms with Gasteiger partial charge in [-0.1, -0.05) is 56.0 Å². The van der Waals surface area contributed by atoms with Gasteiger partial charge in [0.1, 0.15) is 0 Å². The molecular formula is C20H25N3O2. The highest BCUT2D eigenvalue weighted by molar-refractivity contribution is 5.89. The van der Waals surface area contributed by atoms with E-state index in [1.165, 1.54) is 6.20 Å². The summed E-state index contributed by atoms with van der Waals surface area (Å²) in [5.74, 6) is 5.63. The average molecular weight is 339 g/mol. The topological polar surface area (TPSA) is 47.4 Å². The van der Waals surface area contributed by atoms with E-state index in [0.717, 1.165) is 18.7 Å². The average Bonchev–Trinajstić information content (AvgIpc) is 3.08. The zero-order valence-electron chi connectivity index (χ0n) is 15.1. The molecule has 2 rings (SSSR count). The second-order valence-electron chi connectivity index (χ2n) is 5.74. The quantitative estimate of drug-likeness (QED) is 0.575. The van der Waals surface area contributed by atoms with Crippen LogP contribution >= 0.6 is 0 Å². The Balaban J connectivity index is 1.87. The molecular weight excluding hydrogens is 314 g/mol. The molecule has 0 saturated carbocycles. The molecule has 1 aromatic heterocycles. The van der Waals surface area contributed by atoms with Gasteiger partial charge < -0.3 is 4.74 Å². The summed E-state index contributed by atoms with van der Waals surface area (Å²) in [6, 6.07) is 9.97. The van der Waals surface area contributed by atoms with Gasteiger partial charge in [0.05, 0.1) is 24.8 Å². The molecule has 0 aliphatic carbocycles. The zero-order valence-corrected chi connectivity index (χ0v) is 15.1. The number of hydrogen-bond acceptors (Lipinski definition) is 4. The van der Waals surface area contributed by atoms with Crippen LogP contribution in [-0.4, -0.2) is 46.4 Å². The summed E-state index contributed by atoms with van der Waals surface area (Å²) in [7, 11) is 0. The van der Waals surface area contributed by atoms with Gasteiger partial charge in [-0.15, -0.1) is 0 Å². The summed E-state index contributed by atoms with van der Waals surface area (Å²) in [4.78, 5) is 14.4. The standard InChI is InChI=1S/C20H25N3O2/c1-4-22(5-2)13-9-10-17(3)25-20(24)19-14-21-23(16-19)15-18-11-7-6-8-12-18/h6-8,11-12,14,16-17H,4-5,13,15H2,1-3H3/t17-/m0/s1. The number of esters is 1. The highest BCUT2D eigenvalue weighted by Crippen LogP contribution is 2.06. The van der Waals surface area contributed by atoms with E-state index in [9.17, 15) is 4.79 Å². The number of carbonyl (C=O) groups excluding carboxylic acids is 1. The van der Waals surface area contributed by atoms with Crippen LogP contribution in [0.15, 0.2) is 42.7 Å². The number of nitrogens with zero attached hydrogens (tertiary/aromatic N) is 3. The van der Waals surface area contributed by atoms with Gasteiger partial charge in [-0.25, -0.2) is 4.79 Å². The van der Waals surface area contributed by atoms with Crippen molar-refractivity contribution < 1.29 is 9.53 Å². The lowest BCUT2D eigenvalue weighted by Gasteiger charge is -2.13. The summed E-state index contributed by atoms with van der Waals surface area (Å²) >= 11 is 0.